The molecule has 6 atom stereocenters. The number of hydrogen-bond acceptors (Lipinski definition) is 3. The molecule has 4 aliphatic rings. The minimum Gasteiger partial charge on any atom is -0.374 e. The van der Waals surface area contributed by atoms with E-state index in [-0.39, 0.29) is 6.10 Å². The van der Waals surface area contributed by atoms with Gasteiger partial charge in [-0.25, -0.2) is 0 Å². The summed E-state index contributed by atoms with van der Waals surface area (Å²) in [5.74, 6) is 1.19. The first-order chi connectivity index (χ1) is 16.8. The zero-order valence-electron chi connectivity index (χ0n) is 21.4. The van der Waals surface area contributed by atoms with Crippen molar-refractivity contribution in [1.82, 2.24) is 4.90 Å². The highest BCUT2D eigenvalue weighted by Gasteiger charge is 2.43. The van der Waals surface area contributed by atoms with E-state index < -0.39 is 0 Å². The highest BCUT2D eigenvalue weighted by molar-refractivity contribution is 14.1. The predicted molar refractivity (Wildman–Crippen MR) is 150 cm³/mol. The molecule has 0 amide bonds. The third-order valence-electron chi connectivity index (χ3n) is 7.73. The largest absolute Gasteiger partial charge is 0.374 e. The van der Waals surface area contributed by atoms with Crippen molar-refractivity contribution in [3.63, 3.8) is 0 Å². The van der Waals surface area contributed by atoms with Crippen molar-refractivity contribution in [1.29, 1.82) is 0 Å². The van der Waals surface area contributed by atoms with Crippen LogP contribution < -0.4 is 0 Å². The number of nitrogens with zero attached hydrogens (tertiary/aromatic N) is 1. The van der Waals surface area contributed by atoms with Crippen molar-refractivity contribution < 1.29 is 9.47 Å². The van der Waals surface area contributed by atoms with Gasteiger partial charge in [-0.15, -0.1) is 0 Å². The number of benzene rings is 2. The molecule has 4 heteroatoms. The van der Waals surface area contributed by atoms with Crippen molar-refractivity contribution in [2.75, 3.05) is 24.1 Å². The Morgan fingerprint density at radius 1 is 0.853 bits per heavy atom. The summed E-state index contributed by atoms with van der Waals surface area (Å²) in [6, 6.07) is 18.0. The van der Waals surface area contributed by atoms with E-state index in [4.69, 9.17) is 9.47 Å². The summed E-state index contributed by atoms with van der Waals surface area (Å²) >= 11 is 2.47. The maximum Gasteiger partial charge on any atom is 0.0901 e. The van der Waals surface area contributed by atoms with E-state index in [0.29, 0.717) is 30.1 Å². The molecule has 0 bridgehead atoms. The standard InChI is InChI=1S/C26H30INO2.2C2H6/c27-14-20-12-19-15-28(10-9-25(19)29-20)16-21-13-24-22-7-3-1-5-17(22)11-18-6-2-4-8-23(18)26(24)30-21;2*1-2/h1-8,19-21,24-26H,9-16H2;2*1-2H3. The van der Waals surface area contributed by atoms with Crippen LogP contribution in [0.5, 0.6) is 0 Å². The summed E-state index contributed by atoms with van der Waals surface area (Å²) in [5, 5.41) is 0. The molecule has 0 aromatic heterocycles. The molecular weight excluding hydrogens is 533 g/mol. The first kappa shape index (κ1) is 26.1. The fourth-order valence-electron chi connectivity index (χ4n) is 6.38. The third-order valence-corrected chi connectivity index (χ3v) is 8.72. The molecule has 0 radical (unpaired) electrons. The Kier molecular flexibility index (Phi) is 9.48. The van der Waals surface area contributed by atoms with Crippen LogP contribution in [0.2, 0.25) is 0 Å². The van der Waals surface area contributed by atoms with E-state index in [1.165, 1.54) is 41.6 Å². The van der Waals surface area contributed by atoms with Gasteiger partial charge in [-0.2, -0.15) is 0 Å². The normalized spacial score (nSPS) is 31.4. The van der Waals surface area contributed by atoms with Crippen LogP contribution in [0.1, 0.15) is 81.2 Å². The highest BCUT2D eigenvalue weighted by Crippen LogP contribution is 2.49. The number of hydrogen-bond donors (Lipinski definition) is 0. The second-order valence-corrected chi connectivity index (χ2v) is 10.5. The second-order valence-electron chi connectivity index (χ2n) is 9.59. The van der Waals surface area contributed by atoms with Crippen LogP contribution >= 0.6 is 22.6 Å². The molecule has 0 N–H and O–H groups in total. The number of ether oxygens (including phenoxy) is 2. The van der Waals surface area contributed by atoms with Gasteiger partial charge >= 0.3 is 0 Å². The van der Waals surface area contributed by atoms with E-state index >= 15 is 0 Å². The number of halogens is 1. The van der Waals surface area contributed by atoms with Crippen LogP contribution in [0.3, 0.4) is 0 Å². The number of piperidine rings is 1. The molecule has 3 fully saturated rings. The van der Waals surface area contributed by atoms with Crippen molar-refractivity contribution in [3.8, 4) is 0 Å². The quantitative estimate of drug-likeness (QED) is 0.286. The van der Waals surface area contributed by atoms with E-state index in [1.54, 1.807) is 0 Å². The molecule has 6 unspecified atom stereocenters. The van der Waals surface area contributed by atoms with Gasteiger partial charge in [0.15, 0.2) is 0 Å². The van der Waals surface area contributed by atoms with Gasteiger partial charge in [-0.05, 0) is 47.9 Å². The van der Waals surface area contributed by atoms with Gasteiger partial charge in [0.25, 0.3) is 0 Å². The lowest BCUT2D eigenvalue weighted by Gasteiger charge is -2.35. The van der Waals surface area contributed by atoms with Crippen molar-refractivity contribution >= 4 is 22.6 Å². The molecule has 6 rings (SSSR count). The van der Waals surface area contributed by atoms with Gasteiger partial charge in [-0.3, -0.25) is 0 Å². The number of rotatable bonds is 3. The SMILES string of the molecule is CC.CC.ICC1CC2CN(CC3CC4c5ccccc5Cc5ccccc5C4O3)CCC2O1. The number of fused-ring (bicyclic) bond motifs is 6. The molecule has 2 aromatic rings. The van der Waals surface area contributed by atoms with Gasteiger partial charge in [0.1, 0.15) is 0 Å². The molecular formula is C30H42INO2. The van der Waals surface area contributed by atoms with Crippen molar-refractivity contribution in [2.45, 2.75) is 83.7 Å². The molecule has 2 aromatic carbocycles. The molecule has 3 aliphatic heterocycles. The van der Waals surface area contributed by atoms with Gasteiger partial charge < -0.3 is 14.4 Å². The lowest BCUT2D eigenvalue weighted by Crippen LogP contribution is -2.44. The maximum absolute atomic E-state index is 6.81. The van der Waals surface area contributed by atoms with Crippen LogP contribution in [0.4, 0.5) is 0 Å². The number of alkyl halides is 1. The van der Waals surface area contributed by atoms with Gasteiger partial charge in [0.05, 0.1) is 24.4 Å². The zero-order chi connectivity index (χ0) is 24.1. The minimum absolute atomic E-state index is 0.200. The van der Waals surface area contributed by atoms with Gasteiger partial charge in [-0.1, -0.05) is 98.8 Å². The van der Waals surface area contributed by atoms with E-state index in [2.05, 4.69) is 76.0 Å². The average Bonchev–Trinajstić information content (AvgIpc) is 3.48. The lowest BCUT2D eigenvalue weighted by molar-refractivity contribution is -0.0164. The summed E-state index contributed by atoms with van der Waals surface area (Å²) in [6.45, 7) is 11.4. The summed E-state index contributed by atoms with van der Waals surface area (Å²) in [7, 11) is 0. The Hall–Kier alpha value is -0.950. The molecule has 3 nitrogen and oxygen atoms in total. The van der Waals surface area contributed by atoms with Crippen LogP contribution in [0.25, 0.3) is 0 Å². The molecule has 34 heavy (non-hydrogen) atoms. The van der Waals surface area contributed by atoms with Gasteiger partial charge in [0, 0.05) is 35.9 Å². The predicted octanol–water partition coefficient (Wildman–Crippen LogP) is 7.17. The molecule has 186 valence electrons. The fourth-order valence-corrected chi connectivity index (χ4v) is 6.95. The molecule has 1 aliphatic carbocycles. The Labute approximate surface area is 220 Å². The van der Waals surface area contributed by atoms with E-state index in [9.17, 15) is 0 Å². The van der Waals surface area contributed by atoms with Gasteiger partial charge in [0.2, 0.25) is 0 Å². The number of likely N-dealkylation sites (tertiary alicyclic amines) is 1. The maximum atomic E-state index is 6.81. The Bertz CT molecular complexity index is 865. The summed E-state index contributed by atoms with van der Waals surface area (Å²) in [6.07, 6.45) is 6.07. The van der Waals surface area contributed by atoms with Crippen LogP contribution in [0.15, 0.2) is 48.5 Å². The molecule has 0 spiro atoms. The Morgan fingerprint density at radius 2 is 1.53 bits per heavy atom. The highest BCUT2D eigenvalue weighted by atomic mass is 127. The monoisotopic (exact) mass is 575 g/mol. The molecule has 0 saturated carbocycles. The third kappa shape index (κ3) is 5.40. The average molecular weight is 576 g/mol. The van der Waals surface area contributed by atoms with Crippen LogP contribution in [-0.4, -0.2) is 47.3 Å². The lowest BCUT2D eigenvalue weighted by atomic mass is 9.87. The van der Waals surface area contributed by atoms with Crippen molar-refractivity contribution in [2.24, 2.45) is 5.92 Å². The van der Waals surface area contributed by atoms with Crippen LogP contribution in [-0.2, 0) is 15.9 Å². The first-order valence-corrected chi connectivity index (χ1v) is 15.1. The summed E-state index contributed by atoms with van der Waals surface area (Å²) < 4.78 is 14.2. The van der Waals surface area contributed by atoms with Crippen molar-refractivity contribution in [3.05, 3.63) is 70.8 Å². The van der Waals surface area contributed by atoms with Crippen LogP contribution in [0, 0.1) is 5.92 Å². The minimum atomic E-state index is 0.200. The zero-order valence-corrected chi connectivity index (χ0v) is 23.5. The first-order valence-electron chi connectivity index (χ1n) is 13.5. The Balaban J connectivity index is 0.000000652. The summed E-state index contributed by atoms with van der Waals surface area (Å²) in [5.41, 5.74) is 5.84. The Morgan fingerprint density at radius 3 is 2.26 bits per heavy atom. The smallest absolute Gasteiger partial charge is 0.0901 e. The summed E-state index contributed by atoms with van der Waals surface area (Å²) in [4.78, 5) is 2.66. The second kappa shape index (κ2) is 12.3. The fraction of sp³-hybridized carbons (Fsp3) is 0.600. The topological polar surface area (TPSA) is 21.7 Å². The van der Waals surface area contributed by atoms with E-state index in [1.807, 2.05) is 27.7 Å². The van der Waals surface area contributed by atoms with E-state index in [0.717, 1.165) is 30.4 Å². The molecule has 3 heterocycles. The molecule has 3 saturated heterocycles.